The normalized spacial score (nSPS) is 11.1. The molecule has 6 nitrogen and oxygen atoms in total. The van der Waals surface area contributed by atoms with Gasteiger partial charge >= 0.3 is 5.97 Å². The fourth-order valence-corrected chi connectivity index (χ4v) is 2.26. The van der Waals surface area contributed by atoms with Crippen LogP contribution < -0.4 is 4.74 Å². The molecule has 0 radical (unpaired) electrons. The molecule has 0 spiro atoms. The minimum absolute atomic E-state index is 0.207. The van der Waals surface area contributed by atoms with Crippen LogP contribution in [-0.2, 0) is 20.8 Å². The van der Waals surface area contributed by atoms with Crippen LogP contribution in [-0.4, -0.2) is 38.0 Å². The molecule has 1 aromatic carbocycles. The van der Waals surface area contributed by atoms with E-state index in [-0.39, 0.29) is 5.71 Å². The Morgan fingerprint density at radius 3 is 2.62 bits per heavy atom. The fraction of sp³-hybridized carbons (Fsp3) is 0.278. The predicted molar refractivity (Wildman–Crippen MR) is 91.1 cm³/mol. The van der Waals surface area contributed by atoms with E-state index < -0.39 is 5.97 Å². The molecule has 1 aromatic heterocycles. The van der Waals surface area contributed by atoms with E-state index in [1.54, 1.807) is 13.2 Å². The highest BCUT2D eigenvalue weighted by Crippen LogP contribution is 2.23. The van der Waals surface area contributed by atoms with Crippen molar-refractivity contribution in [3.05, 3.63) is 47.5 Å². The molecule has 0 aliphatic heterocycles. The van der Waals surface area contributed by atoms with E-state index in [1.807, 2.05) is 37.3 Å². The van der Waals surface area contributed by atoms with Gasteiger partial charge in [-0.3, -0.25) is 0 Å². The van der Waals surface area contributed by atoms with E-state index in [1.165, 1.54) is 14.2 Å². The maximum atomic E-state index is 11.8. The Hall–Kier alpha value is -2.89. The van der Waals surface area contributed by atoms with Crippen LogP contribution in [0, 0.1) is 6.92 Å². The summed E-state index contributed by atoms with van der Waals surface area (Å²) in [7, 11) is 4.29. The maximum Gasteiger partial charge on any atom is 0.356 e. The maximum absolute atomic E-state index is 11.8. The van der Waals surface area contributed by atoms with Gasteiger partial charge in [0.25, 0.3) is 0 Å². The van der Waals surface area contributed by atoms with Crippen molar-refractivity contribution in [3.8, 4) is 17.1 Å². The zero-order chi connectivity index (χ0) is 17.5. The van der Waals surface area contributed by atoms with Crippen LogP contribution in [0.2, 0.25) is 0 Å². The van der Waals surface area contributed by atoms with Crippen LogP contribution in [0.4, 0.5) is 0 Å². The second-order valence-electron chi connectivity index (χ2n) is 5.10. The lowest BCUT2D eigenvalue weighted by Crippen LogP contribution is -2.19. The summed E-state index contributed by atoms with van der Waals surface area (Å²) in [6, 6.07) is 11.5. The number of aromatic nitrogens is 1. The lowest BCUT2D eigenvalue weighted by Gasteiger charge is -2.10. The number of hydrogen-bond acceptors (Lipinski definition) is 6. The van der Waals surface area contributed by atoms with E-state index in [0.717, 1.165) is 22.4 Å². The van der Waals surface area contributed by atoms with Gasteiger partial charge in [0.2, 0.25) is 5.88 Å². The predicted octanol–water partition coefficient (Wildman–Crippen LogP) is 2.78. The number of hydrogen-bond donors (Lipinski definition) is 0. The Labute approximate surface area is 141 Å². The summed E-state index contributed by atoms with van der Waals surface area (Å²) >= 11 is 0. The van der Waals surface area contributed by atoms with Gasteiger partial charge in [-0.05, 0) is 30.2 Å². The van der Waals surface area contributed by atoms with E-state index in [0.29, 0.717) is 12.3 Å². The fourth-order valence-electron chi connectivity index (χ4n) is 2.26. The lowest BCUT2D eigenvalue weighted by molar-refractivity contribution is -0.133. The zero-order valence-electron chi connectivity index (χ0n) is 14.2. The third-order valence-electron chi connectivity index (χ3n) is 3.56. The molecule has 0 unspecified atom stereocenters. The second kappa shape index (κ2) is 8.10. The number of aryl methyl sites for hydroxylation is 1. The van der Waals surface area contributed by atoms with E-state index >= 15 is 0 Å². The average molecular weight is 328 g/mol. The van der Waals surface area contributed by atoms with Crippen molar-refractivity contribution in [2.45, 2.75) is 13.3 Å². The molecular formula is C18H20N2O4. The molecule has 6 heteroatoms. The average Bonchev–Trinajstić information content (AvgIpc) is 2.62. The van der Waals surface area contributed by atoms with Crippen molar-refractivity contribution in [1.29, 1.82) is 0 Å². The molecule has 126 valence electrons. The van der Waals surface area contributed by atoms with Crippen molar-refractivity contribution in [2.75, 3.05) is 21.3 Å². The lowest BCUT2D eigenvalue weighted by atomic mass is 9.98. The second-order valence-corrected chi connectivity index (χ2v) is 5.10. The molecule has 0 aliphatic carbocycles. The number of carbonyl (C=O) groups is 1. The first-order valence-electron chi connectivity index (χ1n) is 7.38. The highest BCUT2D eigenvalue weighted by Gasteiger charge is 2.16. The summed E-state index contributed by atoms with van der Waals surface area (Å²) in [4.78, 5) is 21.0. The molecule has 0 amide bonds. The van der Waals surface area contributed by atoms with Crippen LogP contribution in [0.3, 0.4) is 0 Å². The zero-order valence-corrected chi connectivity index (χ0v) is 14.2. The number of pyridine rings is 1. The Balaban J connectivity index is 2.37. The van der Waals surface area contributed by atoms with E-state index in [9.17, 15) is 4.79 Å². The highest BCUT2D eigenvalue weighted by molar-refractivity contribution is 6.36. The first-order valence-corrected chi connectivity index (χ1v) is 7.38. The summed E-state index contributed by atoms with van der Waals surface area (Å²) in [6.45, 7) is 1.97. The topological polar surface area (TPSA) is 70.0 Å². The Bertz CT molecular complexity index is 756. The molecule has 0 bridgehead atoms. The quantitative estimate of drug-likeness (QED) is 0.463. The molecule has 0 aliphatic rings. The van der Waals surface area contributed by atoms with E-state index in [4.69, 9.17) is 14.3 Å². The number of ether oxygens (including phenoxy) is 2. The molecule has 24 heavy (non-hydrogen) atoms. The van der Waals surface area contributed by atoms with Gasteiger partial charge in [-0.15, -0.1) is 0 Å². The number of nitrogens with zero attached hydrogens (tertiary/aromatic N) is 2. The minimum atomic E-state index is -0.513. The van der Waals surface area contributed by atoms with Gasteiger partial charge in [0.05, 0.1) is 19.9 Å². The number of oxime groups is 1. The van der Waals surface area contributed by atoms with Gasteiger partial charge in [-0.25, -0.2) is 9.78 Å². The van der Waals surface area contributed by atoms with Crippen LogP contribution in [0.5, 0.6) is 5.88 Å². The monoisotopic (exact) mass is 328 g/mol. The van der Waals surface area contributed by atoms with Crippen LogP contribution in [0.25, 0.3) is 11.3 Å². The van der Waals surface area contributed by atoms with Crippen molar-refractivity contribution >= 4 is 11.7 Å². The summed E-state index contributed by atoms with van der Waals surface area (Å²) < 4.78 is 9.91. The standard InChI is InChI=1S/C18H20N2O4/c1-12-8-9-13(15-6-5-7-17(19-15)22-2)10-14(12)11-16(20-24-4)18(21)23-3/h5-10H,11H2,1-4H3/b20-16+. The summed E-state index contributed by atoms with van der Waals surface area (Å²) in [5, 5.41) is 3.77. The third-order valence-corrected chi connectivity index (χ3v) is 3.56. The summed E-state index contributed by atoms with van der Waals surface area (Å²) in [5.41, 5.74) is 3.90. The minimum Gasteiger partial charge on any atom is -0.481 e. The van der Waals surface area contributed by atoms with Gasteiger partial charge < -0.3 is 14.3 Å². The first-order chi connectivity index (χ1) is 11.6. The smallest absolute Gasteiger partial charge is 0.356 e. The summed E-state index contributed by atoms with van der Waals surface area (Å²) in [5.74, 6) is 0.0342. The van der Waals surface area contributed by atoms with Gasteiger partial charge in [-0.2, -0.15) is 0 Å². The number of rotatable bonds is 6. The molecular weight excluding hydrogens is 308 g/mol. The van der Waals surface area contributed by atoms with Crippen molar-refractivity contribution in [1.82, 2.24) is 4.98 Å². The molecule has 0 atom stereocenters. The molecule has 0 saturated carbocycles. The van der Waals surface area contributed by atoms with Crippen LogP contribution in [0.1, 0.15) is 11.1 Å². The third kappa shape index (κ3) is 4.10. The Morgan fingerprint density at radius 2 is 1.96 bits per heavy atom. The number of esters is 1. The molecule has 1 heterocycles. The van der Waals surface area contributed by atoms with Crippen LogP contribution >= 0.6 is 0 Å². The van der Waals surface area contributed by atoms with Crippen LogP contribution in [0.15, 0.2) is 41.6 Å². The molecule has 0 fully saturated rings. The number of benzene rings is 1. The van der Waals surface area contributed by atoms with Crippen molar-refractivity contribution in [2.24, 2.45) is 5.16 Å². The van der Waals surface area contributed by atoms with Gasteiger partial charge in [0.15, 0.2) is 5.71 Å². The van der Waals surface area contributed by atoms with Crippen molar-refractivity contribution < 1.29 is 19.1 Å². The number of methoxy groups -OCH3 is 2. The van der Waals surface area contributed by atoms with Gasteiger partial charge in [-0.1, -0.05) is 23.4 Å². The Kier molecular flexibility index (Phi) is 5.89. The molecule has 0 N–H and O–H groups in total. The van der Waals surface area contributed by atoms with Gasteiger partial charge in [0, 0.05) is 18.1 Å². The largest absolute Gasteiger partial charge is 0.481 e. The van der Waals surface area contributed by atoms with Gasteiger partial charge in [0.1, 0.15) is 7.11 Å². The van der Waals surface area contributed by atoms with E-state index in [2.05, 4.69) is 10.1 Å². The Morgan fingerprint density at radius 1 is 1.17 bits per heavy atom. The highest BCUT2D eigenvalue weighted by atomic mass is 16.6. The van der Waals surface area contributed by atoms with Crippen molar-refractivity contribution in [3.63, 3.8) is 0 Å². The SMILES string of the molecule is CO/N=C(\Cc1cc(-c2cccc(OC)n2)ccc1C)C(=O)OC. The number of carbonyl (C=O) groups excluding carboxylic acids is 1. The summed E-state index contributed by atoms with van der Waals surface area (Å²) in [6.07, 6.45) is 0.310. The molecule has 2 rings (SSSR count). The molecule has 2 aromatic rings. The molecule has 0 saturated heterocycles. The first kappa shape index (κ1) is 17.5.